The number of rotatable bonds is 9. The Morgan fingerprint density at radius 2 is 1.45 bits per heavy atom. The normalized spacial score (nSPS) is 11.0. The van der Waals surface area contributed by atoms with E-state index in [2.05, 4.69) is 50.8 Å². The van der Waals surface area contributed by atoms with Crippen LogP contribution in [0.15, 0.2) is 18.2 Å². The van der Waals surface area contributed by atoms with E-state index >= 15 is 0 Å². The van der Waals surface area contributed by atoms with Crippen molar-refractivity contribution in [3.63, 3.8) is 0 Å². The molecular formula is C20H33NO. The van der Waals surface area contributed by atoms with Crippen LogP contribution in [0.5, 0.6) is 0 Å². The van der Waals surface area contributed by atoms with Crippen molar-refractivity contribution in [2.75, 3.05) is 4.90 Å². The minimum Gasteiger partial charge on any atom is -0.309 e. The summed E-state index contributed by atoms with van der Waals surface area (Å²) in [6.45, 7) is 10.6. The lowest BCUT2D eigenvalue weighted by atomic mass is 9.99. The second kappa shape index (κ2) is 9.66. The lowest BCUT2D eigenvalue weighted by Gasteiger charge is -2.32. The summed E-state index contributed by atoms with van der Waals surface area (Å²) in [6.07, 6.45) is 7.53. The van der Waals surface area contributed by atoms with E-state index in [0.717, 1.165) is 18.5 Å². The molecular weight excluding hydrogens is 270 g/mol. The monoisotopic (exact) mass is 303 g/mol. The van der Waals surface area contributed by atoms with Gasteiger partial charge < -0.3 is 4.90 Å². The molecule has 22 heavy (non-hydrogen) atoms. The molecule has 124 valence electrons. The SMILES string of the molecule is CCCCC(CCCC)N(C(=O)CC)c1cc(C)cc(C)c1. The predicted molar refractivity (Wildman–Crippen MR) is 96.5 cm³/mol. The van der Waals surface area contributed by atoms with Crippen LogP contribution in [0.1, 0.15) is 76.8 Å². The number of nitrogens with zero attached hydrogens (tertiary/aromatic N) is 1. The zero-order valence-electron chi connectivity index (χ0n) is 15.1. The molecule has 1 aromatic carbocycles. The number of hydrogen-bond acceptors (Lipinski definition) is 1. The Kier molecular flexibility index (Phi) is 8.22. The summed E-state index contributed by atoms with van der Waals surface area (Å²) >= 11 is 0. The highest BCUT2D eigenvalue weighted by molar-refractivity contribution is 5.94. The van der Waals surface area contributed by atoms with E-state index in [1.165, 1.54) is 36.8 Å². The Labute approximate surface area is 136 Å². The Hall–Kier alpha value is -1.31. The van der Waals surface area contributed by atoms with Gasteiger partial charge in [-0.15, -0.1) is 0 Å². The number of unbranched alkanes of at least 4 members (excludes halogenated alkanes) is 2. The topological polar surface area (TPSA) is 20.3 Å². The van der Waals surface area contributed by atoms with Crippen LogP contribution in [0.25, 0.3) is 0 Å². The first-order valence-electron chi connectivity index (χ1n) is 8.93. The van der Waals surface area contributed by atoms with Crippen LogP contribution in [-0.2, 0) is 4.79 Å². The molecule has 0 radical (unpaired) electrons. The second-order valence-corrected chi connectivity index (χ2v) is 6.40. The van der Waals surface area contributed by atoms with Gasteiger partial charge in [0, 0.05) is 18.2 Å². The van der Waals surface area contributed by atoms with Gasteiger partial charge in [-0.2, -0.15) is 0 Å². The minimum absolute atomic E-state index is 0.252. The highest BCUT2D eigenvalue weighted by atomic mass is 16.2. The fourth-order valence-corrected chi connectivity index (χ4v) is 3.10. The molecule has 1 aromatic rings. The van der Waals surface area contributed by atoms with Gasteiger partial charge in [-0.3, -0.25) is 4.79 Å². The quantitative estimate of drug-likeness (QED) is 0.565. The van der Waals surface area contributed by atoms with Crippen molar-refractivity contribution in [3.8, 4) is 0 Å². The molecule has 0 saturated carbocycles. The van der Waals surface area contributed by atoms with Crippen LogP contribution < -0.4 is 4.90 Å². The Balaban J connectivity index is 3.13. The van der Waals surface area contributed by atoms with Crippen LogP contribution in [0.2, 0.25) is 0 Å². The van der Waals surface area contributed by atoms with Crippen LogP contribution in [0, 0.1) is 13.8 Å². The molecule has 0 N–H and O–H groups in total. The van der Waals surface area contributed by atoms with E-state index < -0.39 is 0 Å². The van der Waals surface area contributed by atoms with Crippen molar-refractivity contribution in [2.45, 2.75) is 85.6 Å². The van der Waals surface area contributed by atoms with Gasteiger partial charge >= 0.3 is 0 Å². The van der Waals surface area contributed by atoms with Crippen molar-refractivity contribution in [3.05, 3.63) is 29.3 Å². The predicted octanol–water partition coefficient (Wildman–Crippen LogP) is 5.80. The zero-order chi connectivity index (χ0) is 16.5. The van der Waals surface area contributed by atoms with Gasteiger partial charge in [0.15, 0.2) is 0 Å². The van der Waals surface area contributed by atoms with Gasteiger partial charge in [0.1, 0.15) is 0 Å². The van der Waals surface area contributed by atoms with Crippen LogP contribution in [-0.4, -0.2) is 11.9 Å². The average molecular weight is 303 g/mol. The molecule has 1 amide bonds. The molecule has 0 unspecified atom stereocenters. The van der Waals surface area contributed by atoms with Crippen molar-refractivity contribution >= 4 is 11.6 Å². The molecule has 0 aromatic heterocycles. The summed E-state index contributed by atoms with van der Waals surface area (Å²) in [5.41, 5.74) is 3.55. The van der Waals surface area contributed by atoms with Gasteiger partial charge in [-0.25, -0.2) is 0 Å². The summed E-state index contributed by atoms with van der Waals surface area (Å²) in [4.78, 5) is 14.7. The molecule has 2 heteroatoms. The van der Waals surface area contributed by atoms with Crippen LogP contribution in [0.4, 0.5) is 5.69 Å². The van der Waals surface area contributed by atoms with E-state index in [-0.39, 0.29) is 5.91 Å². The molecule has 0 aliphatic heterocycles. The number of benzene rings is 1. The van der Waals surface area contributed by atoms with E-state index in [4.69, 9.17) is 0 Å². The maximum atomic E-state index is 12.6. The molecule has 0 saturated heterocycles. The van der Waals surface area contributed by atoms with Crippen molar-refractivity contribution in [1.82, 2.24) is 0 Å². The molecule has 0 aliphatic rings. The second-order valence-electron chi connectivity index (χ2n) is 6.40. The van der Waals surface area contributed by atoms with Gasteiger partial charge in [0.25, 0.3) is 0 Å². The van der Waals surface area contributed by atoms with Crippen molar-refractivity contribution < 1.29 is 4.79 Å². The van der Waals surface area contributed by atoms with Gasteiger partial charge in [-0.1, -0.05) is 52.5 Å². The Morgan fingerprint density at radius 3 is 1.86 bits per heavy atom. The molecule has 0 spiro atoms. The summed E-state index contributed by atoms with van der Waals surface area (Å²) in [5, 5.41) is 0. The maximum Gasteiger partial charge on any atom is 0.226 e. The van der Waals surface area contributed by atoms with E-state index in [1.807, 2.05) is 6.92 Å². The Bertz CT molecular complexity index is 439. The average Bonchev–Trinajstić information content (AvgIpc) is 2.48. The number of amides is 1. The third-order valence-electron chi connectivity index (χ3n) is 4.20. The number of aryl methyl sites for hydroxylation is 2. The van der Waals surface area contributed by atoms with Gasteiger partial charge in [-0.05, 0) is 49.9 Å². The lowest BCUT2D eigenvalue weighted by molar-refractivity contribution is -0.118. The standard InChI is InChI=1S/C20H33NO/c1-6-9-11-18(12-10-7-2)21(20(22)8-3)19-14-16(4)13-17(5)15-19/h13-15,18H,6-12H2,1-5H3. The zero-order valence-corrected chi connectivity index (χ0v) is 15.1. The summed E-state index contributed by atoms with van der Waals surface area (Å²) in [5.74, 6) is 0.252. The first kappa shape index (κ1) is 18.7. The van der Waals surface area contributed by atoms with Crippen molar-refractivity contribution in [2.24, 2.45) is 0 Å². The summed E-state index contributed by atoms with van der Waals surface area (Å²) in [6, 6.07) is 6.83. The Morgan fingerprint density at radius 1 is 0.955 bits per heavy atom. The number of carbonyl (C=O) groups is 1. The van der Waals surface area contributed by atoms with Gasteiger partial charge in [0.05, 0.1) is 0 Å². The molecule has 0 atom stereocenters. The molecule has 0 aliphatic carbocycles. The highest BCUT2D eigenvalue weighted by Crippen LogP contribution is 2.26. The van der Waals surface area contributed by atoms with E-state index in [0.29, 0.717) is 12.5 Å². The molecule has 2 nitrogen and oxygen atoms in total. The van der Waals surface area contributed by atoms with Crippen LogP contribution in [0.3, 0.4) is 0 Å². The summed E-state index contributed by atoms with van der Waals surface area (Å²) < 4.78 is 0. The third-order valence-corrected chi connectivity index (χ3v) is 4.20. The fourth-order valence-electron chi connectivity index (χ4n) is 3.10. The van der Waals surface area contributed by atoms with E-state index in [9.17, 15) is 4.79 Å². The van der Waals surface area contributed by atoms with E-state index in [1.54, 1.807) is 0 Å². The number of anilines is 1. The largest absolute Gasteiger partial charge is 0.309 e. The first-order chi connectivity index (χ1) is 10.5. The molecule has 0 heterocycles. The number of carbonyl (C=O) groups excluding carboxylic acids is 1. The summed E-state index contributed by atoms with van der Waals surface area (Å²) in [7, 11) is 0. The lowest BCUT2D eigenvalue weighted by Crippen LogP contribution is -2.40. The van der Waals surface area contributed by atoms with Crippen molar-refractivity contribution in [1.29, 1.82) is 0 Å². The molecule has 1 rings (SSSR count). The minimum atomic E-state index is 0.252. The molecule has 0 fully saturated rings. The fraction of sp³-hybridized carbons (Fsp3) is 0.650. The first-order valence-corrected chi connectivity index (χ1v) is 8.93. The van der Waals surface area contributed by atoms with Crippen LogP contribution >= 0.6 is 0 Å². The highest BCUT2D eigenvalue weighted by Gasteiger charge is 2.23. The smallest absolute Gasteiger partial charge is 0.226 e. The maximum absolute atomic E-state index is 12.6. The third kappa shape index (κ3) is 5.47. The molecule has 0 bridgehead atoms. The van der Waals surface area contributed by atoms with Gasteiger partial charge in [0.2, 0.25) is 5.91 Å². The number of hydrogen-bond donors (Lipinski definition) is 0.